The summed E-state index contributed by atoms with van der Waals surface area (Å²) in [5.41, 5.74) is 0.764. The van der Waals surface area contributed by atoms with Crippen LogP contribution in [0.1, 0.15) is 38.0 Å². The number of benzene rings is 1. The van der Waals surface area contributed by atoms with Gasteiger partial charge in [0.15, 0.2) is 11.7 Å². The van der Waals surface area contributed by atoms with Crippen molar-refractivity contribution in [1.29, 1.82) is 0 Å². The lowest BCUT2D eigenvalue weighted by Gasteiger charge is -2.21. The van der Waals surface area contributed by atoms with Crippen molar-refractivity contribution >= 4 is 5.97 Å². The van der Waals surface area contributed by atoms with Crippen LogP contribution in [0, 0.1) is 17.7 Å². The lowest BCUT2D eigenvalue weighted by Crippen LogP contribution is -2.24. The fraction of sp³-hybridized carbons (Fsp3) is 0.474. The van der Waals surface area contributed by atoms with Gasteiger partial charge in [-0.25, -0.2) is 9.37 Å². The summed E-state index contributed by atoms with van der Waals surface area (Å²) in [4.78, 5) is 16.2. The normalized spacial score (nSPS) is 25.1. The van der Waals surface area contributed by atoms with Crippen LogP contribution in [-0.4, -0.2) is 17.1 Å². The number of nitrogens with zero attached hydrogens (tertiary/aromatic N) is 1. The highest BCUT2D eigenvalue weighted by molar-refractivity contribution is 5.69. The summed E-state index contributed by atoms with van der Waals surface area (Å²) in [6, 6.07) is 6.04. The molecule has 3 atom stereocenters. The van der Waals surface area contributed by atoms with E-state index in [-0.39, 0.29) is 24.3 Å². The van der Waals surface area contributed by atoms with Gasteiger partial charge in [0, 0.05) is 12.0 Å². The van der Waals surface area contributed by atoms with Crippen molar-refractivity contribution in [2.24, 2.45) is 11.8 Å². The molecule has 3 unspecified atom stereocenters. The van der Waals surface area contributed by atoms with Crippen molar-refractivity contribution < 1.29 is 18.3 Å². The second-order valence-corrected chi connectivity index (χ2v) is 6.83. The van der Waals surface area contributed by atoms with Crippen LogP contribution in [0.15, 0.2) is 34.9 Å². The van der Waals surface area contributed by atoms with Crippen molar-refractivity contribution in [1.82, 2.24) is 4.98 Å². The van der Waals surface area contributed by atoms with Crippen LogP contribution in [0.3, 0.4) is 0 Å². The van der Waals surface area contributed by atoms with Crippen LogP contribution >= 0.6 is 0 Å². The Labute approximate surface area is 140 Å². The van der Waals surface area contributed by atoms with E-state index in [1.807, 2.05) is 0 Å². The van der Waals surface area contributed by atoms with Gasteiger partial charge in [0.2, 0.25) is 0 Å². The first-order chi connectivity index (χ1) is 11.7. The molecule has 5 heteroatoms. The number of rotatable bonds is 5. The first-order valence-electron chi connectivity index (χ1n) is 8.57. The SMILES string of the molecule is O=C(CCc1ncc(-c2ccc(F)cc2)o1)OC1CC2CCC1C2. The lowest BCUT2D eigenvalue weighted by molar-refractivity contribution is -0.151. The topological polar surface area (TPSA) is 52.3 Å². The van der Waals surface area contributed by atoms with Crippen LogP contribution in [0.5, 0.6) is 0 Å². The average Bonchev–Trinajstić information content (AvgIpc) is 3.30. The predicted molar refractivity (Wildman–Crippen MR) is 85.5 cm³/mol. The molecule has 126 valence electrons. The Morgan fingerprint density at radius 2 is 2.08 bits per heavy atom. The van der Waals surface area contributed by atoms with Gasteiger partial charge in [-0.1, -0.05) is 0 Å². The summed E-state index contributed by atoms with van der Waals surface area (Å²) in [6.45, 7) is 0. The number of oxazole rings is 1. The Hall–Kier alpha value is -2.17. The van der Waals surface area contributed by atoms with Crippen LogP contribution in [0.25, 0.3) is 11.3 Å². The zero-order chi connectivity index (χ0) is 16.5. The lowest BCUT2D eigenvalue weighted by atomic mass is 9.98. The highest BCUT2D eigenvalue weighted by atomic mass is 19.1. The fourth-order valence-corrected chi connectivity index (χ4v) is 3.94. The van der Waals surface area contributed by atoms with Gasteiger partial charge in [-0.05, 0) is 61.8 Å². The van der Waals surface area contributed by atoms with Gasteiger partial charge in [-0.2, -0.15) is 0 Å². The molecule has 24 heavy (non-hydrogen) atoms. The Balaban J connectivity index is 1.30. The minimum absolute atomic E-state index is 0.121. The van der Waals surface area contributed by atoms with E-state index in [1.165, 1.54) is 31.4 Å². The van der Waals surface area contributed by atoms with Gasteiger partial charge < -0.3 is 9.15 Å². The van der Waals surface area contributed by atoms with Crippen LogP contribution in [0.2, 0.25) is 0 Å². The first kappa shape index (κ1) is 15.4. The molecule has 2 fully saturated rings. The minimum atomic E-state index is -0.290. The molecule has 1 aromatic heterocycles. The predicted octanol–water partition coefficient (Wildman–Crippen LogP) is 4.15. The summed E-state index contributed by atoms with van der Waals surface area (Å²) in [7, 11) is 0. The quantitative estimate of drug-likeness (QED) is 0.774. The van der Waals surface area contributed by atoms with E-state index in [2.05, 4.69) is 4.98 Å². The minimum Gasteiger partial charge on any atom is -0.462 e. The summed E-state index contributed by atoms with van der Waals surface area (Å²) < 4.78 is 24.2. The van der Waals surface area contributed by atoms with Gasteiger partial charge in [-0.3, -0.25) is 4.79 Å². The molecule has 2 bridgehead atoms. The first-order valence-corrected chi connectivity index (χ1v) is 8.57. The number of aromatic nitrogens is 1. The van der Waals surface area contributed by atoms with Gasteiger partial charge in [0.1, 0.15) is 11.9 Å². The molecule has 0 N–H and O–H groups in total. The van der Waals surface area contributed by atoms with E-state index < -0.39 is 0 Å². The van der Waals surface area contributed by atoms with Crippen molar-refractivity contribution in [3.05, 3.63) is 42.2 Å². The van der Waals surface area contributed by atoms with Crippen molar-refractivity contribution in [3.63, 3.8) is 0 Å². The second kappa shape index (κ2) is 6.38. The summed E-state index contributed by atoms with van der Waals surface area (Å²) in [5, 5.41) is 0. The number of carbonyl (C=O) groups excluding carboxylic acids is 1. The Morgan fingerprint density at radius 1 is 1.25 bits per heavy atom. The standard InChI is InChI=1S/C19H20FNO3/c20-15-5-3-13(4-6-15)17-11-21-18(23-17)7-8-19(22)24-16-10-12-1-2-14(16)9-12/h3-6,11-12,14,16H,1-2,7-10H2. The molecule has 0 radical (unpaired) electrons. The van der Waals surface area contributed by atoms with Gasteiger partial charge >= 0.3 is 5.97 Å². The molecule has 4 nitrogen and oxygen atoms in total. The van der Waals surface area contributed by atoms with Crippen LogP contribution < -0.4 is 0 Å². The zero-order valence-electron chi connectivity index (χ0n) is 13.4. The summed E-state index contributed by atoms with van der Waals surface area (Å²) >= 11 is 0. The number of ether oxygens (including phenoxy) is 1. The molecule has 2 aliphatic rings. The smallest absolute Gasteiger partial charge is 0.306 e. The van der Waals surface area contributed by atoms with Gasteiger partial charge in [0.05, 0.1) is 12.6 Å². The molecule has 0 spiro atoms. The Morgan fingerprint density at radius 3 is 2.79 bits per heavy atom. The molecule has 2 aliphatic carbocycles. The third kappa shape index (κ3) is 3.21. The van der Waals surface area contributed by atoms with E-state index in [0.29, 0.717) is 24.0 Å². The zero-order valence-corrected chi connectivity index (χ0v) is 13.4. The molecule has 0 saturated heterocycles. The maximum absolute atomic E-state index is 12.9. The molecular weight excluding hydrogens is 309 g/mol. The van der Waals surface area contributed by atoms with Crippen LogP contribution in [0.4, 0.5) is 4.39 Å². The molecular formula is C19H20FNO3. The van der Waals surface area contributed by atoms with E-state index in [0.717, 1.165) is 17.9 Å². The van der Waals surface area contributed by atoms with E-state index >= 15 is 0 Å². The van der Waals surface area contributed by atoms with Crippen molar-refractivity contribution in [2.45, 2.75) is 44.6 Å². The summed E-state index contributed by atoms with van der Waals surface area (Å²) in [5.74, 6) is 1.95. The van der Waals surface area contributed by atoms with Crippen molar-refractivity contribution in [2.75, 3.05) is 0 Å². The van der Waals surface area contributed by atoms with Crippen LogP contribution in [-0.2, 0) is 16.0 Å². The second-order valence-electron chi connectivity index (χ2n) is 6.83. The fourth-order valence-electron chi connectivity index (χ4n) is 3.94. The number of fused-ring (bicyclic) bond motifs is 2. The van der Waals surface area contributed by atoms with Gasteiger partial charge in [-0.15, -0.1) is 0 Å². The van der Waals surface area contributed by atoms with E-state index in [1.54, 1.807) is 18.3 Å². The monoisotopic (exact) mass is 329 g/mol. The third-order valence-electron chi connectivity index (χ3n) is 5.18. The highest BCUT2D eigenvalue weighted by Gasteiger charge is 2.41. The average molecular weight is 329 g/mol. The number of halogens is 1. The molecule has 0 aliphatic heterocycles. The number of hydrogen-bond donors (Lipinski definition) is 0. The molecule has 1 heterocycles. The molecule has 1 aromatic carbocycles. The van der Waals surface area contributed by atoms with E-state index in [4.69, 9.17) is 9.15 Å². The third-order valence-corrected chi connectivity index (χ3v) is 5.18. The number of carbonyl (C=O) groups is 1. The highest BCUT2D eigenvalue weighted by Crippen LogP contribution is 2.45. The number of aryl methyl sites for hydroxylation is 1. The van der Waals surface area contributed by atoms with Gasteiger partial charge in [0.25, 0.3) is 0 Å². The largest absolute Gasteiger partial charge is 0.462 e. The van der Waals surface area contributed by atoms with Crippen molar-refractivity contribution in [3.8, 4) is 11.3 Å². The maximum Gasteiger partial charge on any atom is 0.306 e. The van der Waals surface area contributed by atoms with E-state index in [9.17, 15) is 9.18 Å². The molecule has 0 amide bonds. The molecule has 4 rings (SSSR count). The molecule has 2 saturated carbocycles. The number of hydrogen-bond acceptors (Lipinski definition) is 4. The molecule has 2 aromatic rings. The summed E-state index contributed by atoms with van der Waals surface area (Å²) in [6.07, 6.45) is 7.16. The number of esters is 1. The Kier molecular flexibility index (Phi) is 4.08. The maximum atomic E-state index is 12.9. The Bertz CT molecular complexity index is 724.